The minimum absolute atomic E-state index is 0.147. The molecule has 0 aliphatic rings. The van der Waals surface area contributed by atoms with Gasteiger partial charge in [-0.25, -0.2) is 4.57 Å². The highest BCUT2D eigenvalue weighted by molar-refractivity contribution is 7.47. The maximum absolute atomic E-state index is 12.6. The largest absolute Gasteiger partial charge is 0.472 e. The van der Waals surface area contributed by atoms with E-state index in [0.29, 0.717) is 12.8 Å². The zero-order valence-electron chi connectivity index (χ0n) is 33.9. The van der Waals surface area contributed by atoms with Crippen molar-refractivity contribution in [1.29, 1.82) is 0 Å². The number of ether oxygens (including phenoxy) is 2. The van der Waals surface area contributed by atoms with Crippen LogP contribution < -0.4 is 0 Å². The van der Waals surface area contributed by atoms with E-state index < -0.39 is 51.8 Å². The molecule has 0 aromatic rings. The first-order chi connectivity index (χ1) is 26.2. The lowest BCUT2D eigenvalue weighted by Gasteiger charge is -2.20. The third-order valence-electron chi connectivity index (χ3n) is 8.74. The highest BCUT2D eigenvalue weighted by atomic mass is 31.2. The molecule has 3 N–H and O–H groups in total. The van der Waals surface area contributed by atoms with E-state index in [1.165, 1.54) is 77.0 Å². The fourth-order valence-corrected chi connectivity index (χ4v) is 6.24. The number of carbonyl (C=O) groups is 2. The van der Waals surface area contributed by atoms with Crippen LogP contribution in [0.5, 0.6) is 0 Å². The van der Waals surface area contributed by atoms with E-state index in [-0.39, 0.29) is 19.4 Å². The minimum atomic E-state index is -4.62. The number of aliphatic hydroxyl groups excluding tert-OH is 2. The molecule has 0 aliphatic heterocycles. The van der Waals surface area contributed by atoms with Gasteiger partial charge in [-0.05, 0) is 57.8 Å². The van der Waals surface area contributed by atoms with Gasteiger partial charge in [0.05, 0.1) is 19.8 Å². The number of hydrogen-bond donors (Lipinski definition) is 3. The lowest BCUT2D eigenvalue weighted by Crippen LogP contribution is -2.29. The van der Waals surface area contributed by atoms with Gasteiger partial charge in [0.2, 0.25) is 0 Å². The van der Waals surface area contributed by atoms with Crippen molar-refractivity contribution in [1.82, 2.24) is 0 Å². The van der Waals surface area contributed by atoms with E-state index in [2.05, 4.69) is 67.0 Å². The number of carbonyl (C=O) groups excluding carboxylic acids is 2. The third kappa shape index (κ3) is 38.2. The van der Waals surface area contributed by atoms with Gasteiger partial charge in [0.25, 0.3) is 0 Å². The zero-order chi connectivity index (χ0) is 39.8. The van der Waals surface area contributed by atoms with Crippen molar-refractivity contribution in [3.8, 4) is 0 Å². The summed E-state index contributed by atoms with van der Waals surface area (Å²) >= 11 is 0. The van der Waals surface area contributed by atoms with E-state index in [9.17, 15) is 24.2 Å². The summed E-state index contributed by atoms with van der Waals surface area (Å²) in [6, 6.07) is 0. The van der Waals surface area contributed by atoms with Crippen molar-refractivity contribution in [3.05, 3.63) is 48.6 Å². The average molecular weight is 785 g/mol. The Morgan fingerprint density at radius 1 is 0.556 bits per heavy atom. The summed E-state index contributed by atoms with van der Waals surface area (Å²) in [5, 5.41) is 18.3. The highest BCUT2D eigenvalue weighted by Gasteiger charge is 2.27. The van der Waals surface area contributed by atoms with Crippen LogP contribution in [0.25, 0.3) is 0 Å². The molecule has 0 radical (unpaired) electrons. The van der Waals surface area contributed by atoms with Gasteiger partial charge in [-0.3, -0.25) is 18.6 Å². The molecule has 0 saturated heterocycles. The summed E-state index contributed by atoms with van der Waals surface area (Å²) < 4.78 is 32.6. The fraction of sp³-hybridized carbons (Fsp3) is 0.767. The lowest BCUT2D eigenvalue weighted by atomic mass is 10.0. The van der Waals surface area contributed by atoms with Gasteiger partial charge in [0, 0.05) is 12.8 Å². The van der Waals surface area contributed by atoms with Crippen molar-refractivity contribution in [3.63, 3.8) is 0 Å². The molecular weight excluding hydrogens is 707 g/mol. The summed E-state index contributed by atoms with van der Waals surface area (Å²) in [5.41, 5.74) is 0. The second kappa shape index (κ2) is 39.2. The number of unbranched alkanes of at least 4 members (excludes halogenated alkanes) is 17. The van der Waals surface area contributed by atoms with Gasteiger partial charge in [-0.2, -0.15) is 0 Å². The molecule has 0 saturated carbocycles. The van der Waals surface area contributed by atoms with Crippen LogP contribution in [0.1, 0.15) is 174 Å². The van der Waals surface area contributed by atoms with Crippen LogP contribution in [0, 0.1) is 0 Å². The third-order valence-corrected chi connectivity index (χ3v) is 9.69. The number of phosphoric acid groups is 1. The SMILES string of the molecule is CCCCC/C=C/C/C=C/C/C=C/C/C=C/CCCCCC(=O)O[C@H](COC(=O)CCCCCCCCCCCCCC)COP(=O)(O)OC[C@@H](O)CO. The Morgan fingerprint density at radius 2 is 0.963 bits per heavy atom. The van der Waals surface area contributed by atoms with Crippen molar-refractivity contribution >= 4 is 19.8 Å². The molecule has 54 heavy (non-hydrogen) atoms. The van der Waals surface area contributed by atoms with Crippen LogP contribution in [0.15, 0.2) is 48.6 Å². The van der Waals surface area contributed by atoms with E-state index >= 15 is 0 Å². The predicted molar refractivity (Wildman–Crippen MR) is 219 cm³/mol. The van der Waals surface area contributed by atoms with Gasteiger partial charge in [-0.1, -0.05) is 152 Å². The van der Waals surface area contributed by atoms with Gasteiger partial charge < -0.3 is 24.6 Å². The Morgan fingerprint density at radius 3 is 1.48 bits per heavy atom. The quantitative estimate of drug-likeness (QED) is 0.0238. The number of aliphatic hydroxyl groups is 2. The normalized spacial score (nSPS) is 14.4. The number of phosphoric ester groups is 1. The van der Waals surface area contributed by atoms with Crippen LogP contribution in [0.4, 0.5) is 0 Å². The first-order valence-corrected chi connectivity index (χ1v) is 22.6. The molecule has 0 rings (SSSR count). The van der Waals surface area contributed by atoms with Crippen LogP contribution in [0.3, 0.4) is 0 Å². The van der Waals surface area contributed by atoms with Gasteiger partial charge in [0.15, 0.2) is 6.10 Å². The summed E-state index contributed by atoms with van der Waals surface area (Å²) in [6.07, 6.45) is 40.7. The van der Waals surface area contributed by atoms with Gasteiger partial charge in [-0.15, -0.1) is 0 Å². The van der Waals surface area contributed by atoms with E-state index in [1.807, 2.05) is 0 Å². The molecule has 0 aliphatic carbocycles. The maximum atomic E-state index is 12.6. The summed E-state index contributed by atoms with van der Waals surface area (Å²) in [7, 11) is -4.62. The molecular formula is C43H77O10P. The van der Waals surface area contributed by atoms with Gasteiger partial charge in [0.1, 0.15) is 12.7 Å². The second-order valence-electron chi connectivity index (χ2n) is 14.0. The Kier molecular flexibility index (Phi) is 37.7. The first kappa shape index (κ1) is 51.9. The molecule has 0 heterocycles. The standard InChI is InChI=1S/C43H77O10P/c1-3-5-7-9-11-13-15-17-18-19-20-21-22-23-25-27-29-31-33-35-43(47)53-41(39-52-54(48,49)51-37-40(45)36-44)38-50-42(46)34-32-30-28-26-24-16-14-12-10-8-6-4-2/h11,13,17-18,20-21,23,25,40-41,44-45H,3-10,12,14-16,19,22,24,26-39H2,1-2H3,(H,48,49)/b13-11+,18-17+,21-20+,25-23+/t40-,41+/m0/s1. The molecule has 0 aromatic heterocycles. The number of esters is 2. The topological polar surface area (TPSA) is 149 Å². The Bertz CT molecular complexity index is 1040. The van der Waals surface area contributed by atoms with Crippen LogP contribution >= 0.6 is 7.82 Å². The lowest BCUT2D eigenvalue weighted by molar-refractivity contribution is -0.161. The Labute approximate surface area is 328 Å². The molecule has 0 bridgehead atoms. The summed E-state index contributed by atoms with van der Waals surface area (Å²) in [5.74, 6) is -0.961. The highest BCUT2D eigenvalue weighted by Crippen LogP contribution is 2.43. The molecule has 0 amide bonds. The molecule has 0 fully saturated rings. The molecule has 1 unspecified atom stereocenters. The minimum Gasteiger partial charge on any atom is -0.462 e. The molecule has 10 nitrogen and oxygen atoms in total. The molecule has 3 atom stereocenters. The Hall–Kier alpha value is -2.07. The Balaban J connectivity index is 4.38. The number of rotatable bonds is 39. The number of hydrogen-bond acceptors (Lipinski definition) is 9. The molecule has 11 heteroatoms. The maximum Gasteiger partial charge on any atom is 0.472 e. The molecule has 314 valence electrons. The van der Waals surface area contributed by atoms with E-state index in [4.69, 9.17) is 19.1 Å². The van der Waals surface area contributed by atoms with Crippen LogP contribution in [-0.2, 0) is 32.7 Å². The van der Waals surface area contributed by atoms with Crippen molar-refractivity contribution in [2.45, 2.75) is 187 Å². The summed E-state index contributed by atoms with van der Waals surface area (Å²) in [4.78, 5) is 34.9. The van der Waals surface area contributed by atoms with E-state index in [1.54, 1.807) is 0 Å². The second-order valence-corrected chi connectivity index (χ2v) is 15.5. The zero-order valence-corrected chi connectivity index (χ0v) is 34.8. The van der Waals surface area contributed by atoms with Crippen molar-refractivity contribution in [2.24, 2.45) is 0 Å². The van der Waals surface area contributed by atoms with Crippen molar-refractivity contribution in [2.75, 3.05) is 26.4 Å². The van der Waals surface area contributed by atoms with Crippen molar-refractivity contribution < 1.29 is 47.8 Å². The molecule has 0 spiro atoms. The molecule has 0 aromatic carbocycles. The number of allylic oxidation sites excluding steroid dienone is 8. The monoisotopic (exact) mass is 785 g/mol. The average Bonchev–Trinajstić information content (AvgIpc) is 3.16. The van der Waals surface area contributed by atoms with Crippen LogP contribution in [0.2, 0.25) is 0 Å². The fourth-order valence-electron chi connectivity index (χ4n) is 5.45. The summed E-state index contributed by atoms with van der Waals surface area (Å²) in [6.45, 7) is 2.30. The van der Waals surface area contributed by atoms with Gasteiger partial charge >= 0.3 is 19.8 Å². The first-order valence-electron chi connectivity index (χ1n) is 21.1. The predicted octanol–water partition coefficient (Wildman–Crippen LogP) is 10.9. The van der Waals surface area contributed by atoms with E-state index in [0.717, 1.165) is 57.8 Å². The smallest absolute Gasteiger partial charge is 0.462 e. The van der Waals surface area contributed by atoms with Crippen LogP contribution in [-0.4, -0.2) is 65.7 Å².